The van der Waals surface area contributed by atoms with E-state index in [1.54, 1.807) is 12.1 Å². The van der Waals surface area contributed by atoms with E-state index in [0.717, 1.165) is 30.5 Å². The third-order valence-electron chi connectivity index (χ3n) is 3.56. The van der Waals surface area contributed by atoms with E-state index in [4.69, 9.17) is 4.74 Å². The molecule has 0 radical (unpaired) electrons. The first-order valence-electron chi connectivity index (χ1n) is 7.17. The molecule has 0 N–H and O–H groups in total. The van der Waals surface area contributed by atoms with Gasteiger partial charge in [-0.25, -0.2) is 0 Å². The van der Waals surface area contributed by atoms with E-state index in [1.165, 1.54) is 23.6 Å². The number of allylic oxidation sites excluding steroid dienone is 2. The molecule has 1 aromatic rings. The van der Waals surface area contributed by atoms with Gasteiger partial charge in [0.05, 0.1) is 23.8 Å². The van der Waals surface area contributed by atoms with Gasteiger partial charge in [-0.3, -0.25) is 0 Å². The molecule has 0 bridgehead atoms. The van der Waals surface area contributed by atoms with E-state index in [1.807, 2.05) is 0 Å². The molecule has 0 spiro atoms. The maximum absolute atomic E-state index is 12.4. The van der Waals surface area contributed by atoms with E-state index in [9.17, 15) is 18.6 Å². The summed E-state index contributed by atoms with van der Waals surface area (Å²) < 4.78 is 33.6. The van der Waals surface area contributed by atoms with E-state index in [2.05, 4.69) is 9.30 Å². The van der Waals surface area contributed by atoms with Gasteiger partial charge in [0.25, 0.3) is 10.0 Å². The number of ether oxygens (including phenoxy) is 1. The first-order valence-corrected chi connectivity index (χ1v) is 9.49. The third kappa shape index (κ3) is 3.58. The van der Waals surface area contributed by atoms with Gasteiger partial charge in [-0.1, -0.05) is 11.8 Å². The molecule has 7 nitrogen and oxygen atoms in total. The van der Waals surface area contributed by atoms with Gasteiger partial charge in [0.15, 0.2) is 0 Å². The minimum absolute atomic E-state index is 0.00927. The molecule has 1 fully saturated rings. The van der Waals surface area contributed by atoms with Crippen LogP contribution in [0.1, 0.15) is 0 Å². The number of rotatable bonds is 3. The lowest BCUT2D eigenvalue weighted by Gasteiger charge is -2.28. The normalized spacial score (nSPS) is 19.9. The van der Waals surface area contributed by atoms with Crippen molar-refractivity contribution in [2.24, 2.45) is 4.40 Å². The Morgan fingerprint density at radius 2 is 1.83 bits per heavy atom. The third-order valence-corrected chi connectivity index (χ3v) is 5.75. The van der Waals surface area contributed by atoms with Gasteiger partial charge in [-0.2, -0.15) is 18.8 Å². The number of benzene rings is 1. The molecular weight excluding hydrogens is 352 g/mol. The first kappa shape index (κ1) is 16.9. The second-order valence-electron chi connectivity index (χ2n) is 5.08. The molecule has 0 amide bonds. The topological polar surface area (TPSA) is 105 Å². The smallest absolute Gasteiger partial charge is 0.282 e. The lowest BCUT2D eigenvalue weighted by atomic mass is 10.2. The summed E-state index contributed by atoms with van der Waals surface area (Å²) in [7, 11) is -3.99. The Morgan fingerprint density at radius 3 is 2.46 bits per heavy atom. The second-order valence-corrected chi connectivity index (χ2v) is 7.60. The Balaban J connectivity index is 1.85. The van der Waals surface area contributed by atoms with E-state index >= 15 is 0 Å². The molecule has 3 rings (SSSR count). The molecule has 0 saturated carbocycles. The summed E-state index contributed by atoms with van der Waals surface area (Å²) in [6.07, 6.45) is 1.34. The van der Waals surface area contributed by atoms with Crippen LogP contribution in [0.15, 0.2) is 55.9 Å². The number of anilines is 1. The van der Waals surface area contributed by atoms with Gasteiger partial charge in [0, 0.05) is 23.7 Å². The number of nitrogens with zero attached hydrogens (tertiary/aromatic N) is 2. The molecular formula is C15H14N2O5S2-2. The maximum Gasteiger partial charge on any atom is 0.282 e. The Bertz CT molecular complexity index is 803. The van der Waals surface area contributed by atoms with Crippen LogP contribution in [-0.4, -0.2) is 40.4 Å². The van der Waals surface area contributed by atoms with Gasteiger partial charge in [-0.05, 0) is 35.7 Å². The van der Waals surface area contributed by atoms with Crippen LogP contribution in [0.4, 0.5) is 5.69 Å². The van der Waals surface area contributed by atoms with Crippen molar-refractivity contribution in [3.63, 3.8) is 0 Å². The highest BCUT2D eigenvalue weighted by Gasteiger charge is 2.18. The highest BCUT2D eigenvalue weighted by atomic mass is 32.2. The van der Waals surface area contributed by atoms with Crippen LogP contribution in [0.2, 0.25) is 0 Å². The zero-order chi connectivity index (χ0) is 17.2. The van der Waals surface area contributed by atoms with Gasteiger partial charge in [0.1, 0.15) is 0 Å². The van der Waals surface area contributed by atoms with E-state index in [-0.39, 0.29) is 15.5 Å². The van der Waals surface area contributed by atoms with Crippen molar-refractivity contribution in [2.45, 2.75) is 4.90 Å². The second kappa shape index (κ2) is 6.88. The minimum Gasteiger partial charge on any atom is -0.883 e. The lowest BCUT2D eigenvalue weighted by molar-refractivity contribution is -0.513. The van der Waals surface area contributed by atoms with Crippen molar-refractivity contribution in [2.75, 3.05) is 31.2 Å². The zero-order valence-corrected chi connectivity index (χ0v) is 14.2. The Labute approximate surface area is 144 Å². The van der Waals surface area contributed by atoms with Crippen LogP contribution in [0.25, 0.3) is 0 Å². The van der Waals surface area contributed by atoms with Crippen LogP contribution in [-0.2, 0) is 14.8 Å². The predicted molar refractivity (Wildman–Crippen MR) is 87.9 cm³/mol. The highest BCUT2D eigenvalue weighted by Crippen LogP contribution is 2.28. The number of hydrogen-bond acceptors (Lipinski definition) is 7. The van der Waals surface area contributed by atoms with Crippen molar-refractivity contribution >= 4 is 33.2 Å². The molecule has 24 heavy (non-hydrogen) atoms. The lowest BCUT2D eigenvalue weighted by Crippen LogP contribution is -2.36. The summed E-state index contributed by atoms with van der Waals surface area (Å²) in [5.41, 5.74) is 0.792. The molecule has 0 atom stereocenters. The largest absolute Gasteiger partial charge is 0.883 e. The zero-order valence-electron chi connectivity index (χ0n) is 12.5. The van der Waals surface area contributed by atoms with Crippen LogP contribution in [0.3, 0.4) is 0 Å². The molecule has 2 aliphatic rings. The standard InChI is InChI=1S/C15H16N2O5S2/c18-15(19)14-13(5-10-23-14)16-24(20,21)12-3-1-11(2-4-12)17-6-8-22-9-7-17/h1-5,10,18-19H,6-9H2/p-2/b16-13+. The van der Waals surface area contributed by atoms with Gasteiger partial charge in [-0.15, -0.1) is 0 Å². The Kier molecular flexibility index (Phi) is 4.83. The van der Waals surface area contributed by atoms with Crippen LogP contribution >= 0.6 is 11.8 Å². The van der Waals surface area contributed by atoms with Crippen molar-refractivity contribution in [3.05, 3.63) is 46.6 Å². The van der Waals surface area contributed by atoms with Gasteiger partial charge < -0.3 is 19.8 Å². The van der Waals surface area contributed by atoms with Crippen molar-refractivity contribution in [1.29, 1.82) is 0 Å². The van der Waals surface area contributed by atoms with Crippen LogP contribution in [0.5, 0.6) is 0 Å². The fraction of sp³-hybridized carbons (Fsp3) is 0.267. The molecule has 0 unspecified atom stereocenters. The minimum atomic E-state index is -3.99. The Hall–Kier alpha value is -1.97. The summed E-state index contributed by atoms with van der Waals surface area (Å²) >= 11 is 0.876. The quantitative estimate of drug-likeness (QED) is 0.682. The van der Waals surface area contributed by atoms with Gasteiger partial charge in [0.2, 0.25) is 0 Å². The van der Waals surface area contributed by atoms with Gasteiger partial charge >= 0.3 is 0 Å². The predicted octanol–water partition coefficient (Wildman–Crippen LogP) is -0.197. The summed E-state index contributed by atoms with van der Waals surface area (Å²) in [6, 6.07) is 6.35. The molecule has 128 valence electrons. The molecule has 0 aromatic heterocycles. The Morgan fingerprint density at radius 1 is 1.17 bits per heavy atom. The number of thioether (sulfide) groups is 1. The average Bonchev–Trinajstić information content (AvgIpc) is 3.03. The molecule has 0 aliphatic carbocycles. The molecule has 1 aromatic carbocycles. The monoisotopic (exact) mass is 366 g/mol. The molecule has 1 saturated heterocycles. The maximum atomic E-state index is 12.4. The van der Waals surface area contributed by atoms with E-state index < -0.39 is 16.0 Å². The van der Waals surface area contributed by atoms with E-state index in [0.29, 0.717) is 13.2 Å². The SMILES string of the molecule is O=S(=O)(/N=C1\C=CSC1=C([O-])[O-])c1ccc(N2CCOCC2)cc1. The number of sulfonamides is 1. The number of morpholine rings is 1. The highest BCUT2D eigenvalue weighted by molar-refractivity contribution is 8.07. The first-order chi connectivity index (χ1) is 11.5. The summed E-state index contributed by atoms with van der Waals surface area (Å²) in [5.74, 6) is -1.44. The van der Waals surface area contributed by atoms with Crippen molar-refractivity contribution in [3.8, 4) is 0 Å². The van der Waals surface area contributed by atoms with Crippen molar-refractivity contribution in [1.82, 2.24) is 0 Å². The molecule has 9 heteroatoms. The summed E-state index contributed by atoms with van der Waals surface area (Å²) in [5, 5.41) is 23.4. The van der Waals surface area contributed by atoms with Crippen LogP contribution in [0, 0.1) is 0 Å². The number of hydrogen-bond donors (Lipinski definition) is 0. The van der Waals surface area contributed by atoms with Crippen molar-refractivity contribution < 1.29 is 23.4 Å². The fourth-order valence-corrected chi connectivity index (χ4v) is 4.08. The average molecular weight is 366 g/mol. The summed E-state index contributed by atoms with van der Waals surface area (Å²) in [6.45, 7) is 2.78. The molecule has 2 aliphatic heterocycles. The fourth-order valence-electron chi connectivity index (χ4n) is 2.36. The molecule has 2 heterocycles. The van der Waals surface area contributed by atoms with Crippen LogP contribution < -0.4 is 15.1 Å². The summed E-state index contributed by atoms with van der Waals surface area (Å²) in [4.78, 5) is 1.91.